The number of nitrogens with one attached hydrogen (secondary N) is 2. The Bertz CT molecular complexity index is 1270. The molecule has 0 bridgehead atoms. The number of nitrogens with two attached hydrogens (primary N) is 1. The van der Waals surface area contributed by atoms with Gasteiger partial charge in [-0.1, -0.05) is 52.3 Å². The number of carbonyl (C=O) groups excluding carboxylic acids is 3. The van der Waals surface area contributed by atoms with E-state index < -0.39 is 24.0 Å². The number of para-hydroxylation sites is 2. The van der Waals surface area contributed by atoms with Gasteiger partial charge in [0.2, 0.25) is 5.91 Å². The molecule has 0 saturated carbocycles. The molecule has 35 heavy (non-hydrogen) atoms. The predicted molar refractivity (Wildman–Crippen MR) is 140 cm³/mol. The van der Waals surface area contributed by atoms with Gasteiger partial charge in [-0.2, -0.15) is 0 Å². The summed E-state index contributed by atoms with van der Waals surface area (Å²) in [7, 11) is 0. The third kappa shape index (κ3) is 7.43. The lowest BCUT2D eigenvalue weighted by Gasteiger charge is -2.19. The van der Waals surface area contributed by atoms with Crippen LogP contribution >= 0.6 is 31.9 Å². The molecule has 3 amide bonds. The number of carbonyl (C=O) groups is 3. The van der Waals surface area contributed by atoms with Crippen molar-refractivity contribution in [2.75, 3.05) is 11.1 Å². The molecule has 8 nitrogen and oxygen atoms in total. The number of ether oxygens (including phenoxy) is 1. The Labute approximate surface area is 218 Å². The zero-order valence-corrected chi connectivity index (χ0v) is 21.4. The molecule has 3 rings (SSSR count). The molecule has 0 aliphatic carbocycles. The van der Waals surface area contributed by atoms with E-state index in [1.807, 2.05) is 0 Å². The molecule has 0 unspecified atom stereocenters. The van der Waals surface area contributed by atoms with Crippen LogP contribution < -0.4 is 16.4 Å². The summed E-state index contributed by atoms with van der Waals surface area (Å²) in [6.07, 6.45) is 0.758. The van der Waals surface area contributed by atoms with Crippen molar-refractivity contribution in [2.24, 2.45) is 0 Å². The van der Waals surface area contributed by atoms with Gasteiger partial charge in [0.05, 0.1) is 15.8 Å². The maximum absolute atomic E-state index is 12.5. The zero-order chi connectivity index (χ0) is 25.4. The van der Waals surface area contributed by atoms with E-state index >= 15 is 0 Å². The minimum Gasteiger partial charge on any atom is -0.506 e. The SMILES string of the molecule is Nc1ccccc1NC(=O)/C=C/C[C@@H](OC(=O)NC(=O)c1ccccc1)c1cc(Br)cc(Br)c1O. The zero-order valence-electron chi connectivity index (χ0n) is 18.2. The fourth-order valence-corrected chi connectivity index (χ4v) is 4.33. The van der Waals surface area contributed by atoms with E-state index in [1.54, 1.807) is 66.7 Å². The van der Waals surface area contributed by atoms with Gasteiger partial charge in [-0.05, 0) is 58.4 Å². The maximum atomic E-state index is 12.5. The van der Waals surface area contributed by atoms with E-state index in [0.717, 1.165) is 0 Å². The second-order valence-corrected chi connectivity index (χ2v) is 9.02. The molecule has 0 saturated heterocycles. The van der Waals surface area contributed by atoms with Crippen LogP contribution in [0.1, 0.15) is 28.4 Å². The molecular formula is C25H21Br2N3O5. The third-order valence-electron chi connectivity index (χ3n) is 4.74. The van der Waals surface area contributed by atoms with Gasteiger partial charge in [-0.3, -0.25) is 14.9 Å². The van der Waals surface area contributed by atoms with Crippen LogP contribution in [0.15, 0.2) is 87.8 Å². The Morgan fingerprint density at radius 1 is 1.03 bits per heavy atom. The van der Waals surface area contributed by atoms with Crippen molar-refractivity contribution in [1.82, 2.24) is 5.32 Å². The Morgan fingerprint density at radius 3 is 2.43 bits per heavy atom. The number of aromatic hydroxyl groups is 1. The third-order valence-corrected chi connectivity index (χ3v) is 5.81. The second-order valence-electron chi connectivity index (χ2n) is 7.25. The molecule has 0 fully saturated rings. The number of amides is 3. The summed E-state index contributed by atoms with van der Waals surface area (Å²) in [5.74, 6) is -1.22. The quantitative estimate of drug-likeness (QED) is 0.203. The predicted octanol–water partition coefficient (Wildman–Crippen LogP) is 5.69. The first-order valence-corrected chi connectivity index (χ1v) is 11.9. The van der Waals surface area contributed by atoms with Crippen LogP contribution in [0.4, 0.5) is 16.2 Å². The minimum atomic E-state index is -1.02. The molecule has 1 atom stereocenters. The maximum Gasteiger partial charge on any atom is 0.414 e. The van der Waals surface area contributed by atoms with Gasteiger partial charge < -0.3 is 20.9 Å². The van der Waals surface area contributed by atoms with Gasteiger partial charge in [-0.15, -0.1) is 0 Å². The Hall–Kier alpha value is -3.63. The number of hydrogen-bond acceptors (Lipinski definition) is 6. The van der Waals surface area contributed by atoms with Gasteiger partial charge in [-0.25, -0.2) is 4.79 Å². The fraction of sp³-hybridized carbons (Fsp3) is 0.0800. The summed E-state index contributed by atoms with van der Waals surface area (Å²) < 4.78 is 6.45. The largest absolute Gasteiger partial charge is 0.506 e. The highest BCUT2D eigenvalue weighted by atomic mass is 79.9. The molecule has 10 heteroatoms. The number of hydrogen-bond donors (Lipinski definition) is 4. The molecular weight excluding hydrogens is 582 g/mol. The van der Waals surface area contributed by atoms with Gasteiger partial charge in [0.25, 0.3) is 5.91 Å². The number of phenols is 1. The number of halogens is 2. The fourth-order valence-electron chi connectivity index (χ4n) is 3.07. The van der Waals surface area contributed by atoms with Crippen LogP contribution in [-0.4, -0.2) is 23.0 Å². The summed E-state index contributed by atoms with van der Waals surface area (Å²) in [4.78, 5) is 37.1. The lowest BCUT2D eigenvalue weighted by molar-refractivity contribution is -0.111. The Kier molecular flexibility index (Phi) is 9.04. The summed E-state index contributed by atoms with van der Waals surface area (Å²) >= 11 is 6.60. The first-order valence-electron chi connectivity index (χ1n) is 10.3. The molecule has 0 spiro atoms. The van der Waals surface area contributed by atoms with E-state index in [2.05, 4.69) is 42.5 Å². The molecule has 0 radical (unpaired) electrons. The van der Waals surface area contributed by atoms with Crippen molar-refractivity contribution in [3.63, 3.8) is 0 Å². The highest BCUT2D eigenvalue weighted by Gasteiger charge is 2.23. The number of benzene rings is 3. The molecule has 0 aliphatic rings. The summed E-state index contributed by atoms with van der Waals surface area (Å²) in [6, 6.07) is 18.2. The van der Waals surface area contributed by atoms with E-state index in [1.165, 1.54) is 12.2 Å². The first kappa shape index (κ1) is 26.0. The average Bonchev–Trinajstić information content (AvgIpc) is 2.82. The van der Waals surface area contributed by atoms with Gasteiger partial charge in [0, 0.05) is 22.0 Å². The molecule has 0 aromatic heterocycles. The number of alkyl carbamates (subject to hydrolysis) is 1. The summed E-state index contributed by atoms with van der Waals surface area (Å²) in [5, 5.41) is 15.4. The Balaban J connectivity index is 1.75. The molecule has 5 N–H and O–H groups in total. The molecule has 0 aliphatic heterocycles. The van der Waals surface area contributed by atoms with Crippen molar-refractivity contribution >= 4 is 61.1 Å². The molecule has 180 valence electrons. The average molecular weight is 603 g/mol. The lowest BCUT2D eigenvalue weighted by Crippen LogP contribution is -2.32. The van der Waals surface area contributed by atoms with Gasteiger partial charge in [0.15, 0.2) is 0 Å². The summed E-state index contributed by atoms with van der Waals surface area (Å²) in [5.41, 5.74) is 7.26. The second kappa shape index (κ2) is 12.2. The Morgan fingerprint density at radius 2 is 1.71 bits per heavy atom. The van der Waals surface area contributed by atoms with E-state index in [0.29, 0.717) is 20.3 Å². The van der Waals surface area contributed by atoms with E-state index in [4.69, 9.17) is 10.5 Å². The molecule has 3 aromatic carbocycles. The highest BCUT2D eigenvalue weighted by Crippen LogP contribution is 2.38. The monoisotopic (exact) mass is 601 g/mol. The normalized spacial score (nSPS) is 11.6. The first-order chi connectivity index (χ1) is 16.7. The standard InChI is InChI=1S/C25H21Br2N3O5/c26-16-13-17(23(32)18(27)14-16)21(35-25(34)30-24(33)15-7-2-1-3-8-15)11-6-12-22(31)29-20-10-5-4-9-19(20)28/h1-10,12-14,21,32H,11,28H2,(H,29,31)(H,30,33,34)/b12-6+/t21-/m1/s1. The van der Waals surface area contributed by atoms with E-state index in [9.17, 15) is 19.5 Å². The van der Waals surface area contributed by atoms with Crippen LogP contribution in [-0.2, 0) is 9.53 Å². The van der Waals surface area contributed by atoms with Crippen LogP contribution in [0, 0.1) is 0 Å². The van der Waals surface area contributed by atoms with Gasteiger partial charge >= 0.3 is 6.09 Å². The van der Waals surface area contributed by atoms with Gasteiger partial charge in [0.1, 0.15) is 11.9 Å². The van der Waals surface area contributed by atoms with Crippen molar-refractivity contribution in [3.05, 3.63) is 99.0 Å². The van der Waals surface area contributed by atoms with Crippen LogP contribution in [0.2, 0.25) is 0 Å². The number of rotatable bonds is 7. The molecule has 3 aromatic rings. The molecule has 0 heterocycles. The van der Waals surface area contributed by atoms with Crippen LogP contribution in [0.3, 0.4) is 0 Å². The highest BCUT2D eigenvalue weighted by molar-refractivity contribution is 9.11. The van der Waals surface area contributed by atoms with Crippen molar-refractivity contribution in [1.29, 1.82) is 0 Å². The topological polar surface area (TPSA) is 131 Å². The number of imide groups is 1. The van der Waals surface area contributed by atoms with Crippen LogP contribution in [0.25, 0.3) is 0 Å². The minimum absolute atomic E-state index is 0.0289. The lowest BCUT2D eigenvalue weighted by atomic mass is 10.0. The van der Waals surface area contributed by atoms with Crippen molar-refractivity contribution in [3.8, 4) is 5.75 Å². The number of phenolic OH excluding ortho intramolecular Hbond substituents is 1. The van der Waals surface area contributed by atoms with E-state index in [-0.39, 0.29) is 23.3 Å². The van der Waals surface area contributed by atoms with Crippen molar-refractivity contribution < 1.29 is 24.2 Å². The smallest absolute Gasteiger partial charge is 0.414 e. The van der Waals surface area contributed by atoms with Crippen LogP contribution in [0.5, 0.6) is 5.75 Å². The summed E-state index contributed by atoms with van der Waals surface area (Å²) in [6.45, 7) is 0. The van der Waals surface area contributed by atoms with Crippen molar-refractivity contribution in [2.45, 2.75) is 12.5 Å². The number of anilines is 2. The number of nitrogen functional groups attached to an aromatic ring is 1.